The topological polar surface area (TPSA) is 96.5 Å². The van der Waals surface area contributed by atoms with E-state index < -0.39 is 4.92 Å². The Labute approximate surface area is 215 Å². The zero-order valence-corrected chi connectivity index (χ0v) is 20.8. The highest BCUT2D eigenvalue weighted by Gasteiger charge is 2.18. The van der Waals surface area contributed by atoms with Gasteiger partial charge in [0.1, 0.15) is 5.82 Å². The van der Waals surface area contributed by atoms with Gasteiger partial charge >= 0.3 is 0 Å². The van der Waals surface area contributed by atoms with Crippen molar-refractivity contribution in [2.45, 2.75) is 13.0 Å². The summed E-state index contributed by atoms with van der Waals surface area (Å²) < 4.78 is 2.11. The number of aromatic nitrogens is 2. The molecule has 1 saturated heterocycles. The predicted octanol–water partition coefficient (Wildman–Crippen LogP) is 4.09. The van der Waals surface area contributed by atoms with Crippen molar-refractivity contribution in [1.82, 2.24) is 19.4 Å². The molecule has 9 nitrogen and oxygen atoms in total. The van der Waals surface area contributed by atoms with Gasteiger partial charge in [0.15, 0.2) is 0 Å². The van der Waals surface area contributed by atoms with Crippen molar-refractivity contribution in [2.75, 3.05) is 38.0 Å². The number of carbonyl (C=O) groups is 1. The Morgan fingerprint density at radius 1 is 0.973 bits per heavy atom. The molecular formula is C28H30N6O3. The number of nitro benzene ring substituents is 1. The number of nitrogens with zero attached hydrogens (tertiary/aromatic N) is 5. The summed E-state index contributed by atoms with van der Waals surface area (Å²) in [5, 5.41) is 13.7. The minimum atomic E-state index is -0.486. The molecule has 1 fully saturated rings. The molecule has 1 aliphatic heterocycles. The van der Waals surface area contributed by atoms with Crippen LogP contribution in [0.25, 0.3) is 11.0 Å². The Balaban J connectivity index is 1.17. The lowest BCUT2D eigenvalue weighted by Crippen LogP contribution is -2.46. The lowest BCUT2D eigenvalue weighted by molar-refractivity contribution is -0.384. The molecule has 1 aliphatic rings. The minimum absolute atomic E-state index is 0.0481. The molecule has 3 aromatic carbocycles. The van der Waals surface area contributed by atoms with E-state index in [2.05, 4.69) is 50.0 Å². The first-order chi connectivity index (χ1) is 18.0. The van der Waals surface area contributed by atoms with Crippen LogP contribution in [-0.4, -0.2) is 62.9 Å². The third kappa shape index (κ3) is 5.84. The second kappa shape index (κ2) is 10.9. The van der Waals surface area contributed by atoms with E-state index in [9.17, 15) is 14.9 Å². The van der Waals surface area contributed by atoms with E-state index in [0.717, 1.165) is 62.5 Å². The van der Waals surface area contributed by atoms with Crippen LogP contribution in [0.3, 0.4) is 0 Å². The number of imidazole rings is 1. The number of anilines is 1. The molecule has 5 rings (SSSR count). The number of aryl methyl sites for hydroxylation is 1. The first-order valence-electron chi connectivity index (χ1n) is 12.5. The summed E-state index contributed by atoms with van der Waals surface area (Å²) in [5.74, 6) is 0.692. The number of carbonyl (C=O) groups excluding carboxylic acids is 1. The number of piperazine rings is 1. The first-order valence-corrected chi connectivity index (χ1v) is 12.5. The van der Waals surface area contributed by atoms with Crippen LogP contribution in [0.15, 0.2) is 72.8 Å². The fourth-order valence-corrected chi connectivity index (χ4v) is 4.76. The number of nitrogens with one attached hydrogen (secondary N) is 1. The third-order valence-electron chi connectivity index (χ3n) is 6.94. The van der Waals surface area contributed by atoms with Crippen molar-refractivity contribution in [2.24, 2.45) is 7.05 Å². The van der Waals surface area contributed by atoms with Gasteiger partial charge < -0.3 is 14.8 Å². The zero-order chi connectivity index (χ0) is 25.8. The maximum absolute atomic E-state index is 12.6. The number of fused-ring (bicyclic) bond motifs is 1. The minimum Gasteiger partial charge on any atom is -0.331 e. The van der Waals surface area contributed by atoms with Crippen molar-refractivity contribution >= 4 is 28.3 Å². The summed E-state index contributed by atoms with van der Waals surface area (Å²) in [6, 6.07) is 21.8. The van der Waals surface area contributed by atoms with Crippen molar-refractivity contribution in [3.05, 3.63) is 99.9 Å². The molecule has 0 unspecified atom stereocenters. The zero-order valence-electron chi connectivity index (χ0n) is 20.8. The van der Waals surface area contributed by atoms with Crippen LogP contribution in [0.1, 0.15) is 21.7 Å². The summed E-state index contributed by atoms with van der Waals surface area (Å²) in [6.45, 7) is 6.19. The fraction of sp³-hybridized carbons (Fsp3) is 0.286. The van der Waals surface area contributed by atoms with Gasteiger partial charge in [-0.25, -0.2) is 4.98 Å². The van der Waals surface area contributed by atoms with Gasteiger partial charge in [0.25, 0.3) is 11.6 Å². The average Bonchev–Trinajstić information content (AvgIpc) is 3.23. The van der Waals surface area contributed by atoms with E-state index in [-0.39, 0.29) is 11.6 Å². The molecule has 0 saturated carbocycles. The van der Waals surface area contributed by atoms with E-state index >= 15 is 0 Å². The molecule has 1 aromatic heterocycles. The van der Waals surface area contributed by atoms with Crippen LogP contribution in [0.4, 0.5) is 11.4 Å². The lowest BCUT2D eigenvalue weighted by atomic mass is 10.2. The van der Waals surface area contributed by atoms with Gasteiger partial charge in [-0.15, -0.1) is 0 Å². The molecule has 1 N–H and O–H groups in total. The van der Waals surface area contributed by atoms with Crippen LogP contribution in [-0.2, 0) is 20.0 Å². The number of benzene rings is 3. The summed E-state index contributed by atoms with van der Waals surface area (Å²) in [5.41, 5.74) is 4.14. The van der Waals surface area contributed by atoms with E-state index in [0.29, 0.717) is 11.3 Å². The summed E-state index contributed by atoms with van der Waals surface area (Å²) >= 11 is 0. The molecule has 2 heterocycles. The standard InChI is InChI=1S/C28H30N6O3/c1-31-26-12-9-23(29-28(35)22-7-10-24(11-8-22)34(36)37)19-25(26)30-27(31)13-14-32-15-17-33(18-16-32)20-21-5-3-2-4-6-21/h2-12,19H,13-18,20H2,1H3,(H,29,35). The molecule has 0 atom stereocenters. The molecule has 0 aliphatic carbocycles. The summed E-state index contributed by atoms with van der Waals surface area (Å²) in [4.78, 5) is 32.8. The van der Waals surface area contributed by atoms with E-state index in [1.54, 1.807) is 0 Å². The number of hydrogen-bond donors (Lipinski definition) is 1. The Hall–Kier alpha value is -4.08. The van der Waals surface area contributed by atoms with Gasteiger partial charge in [0.2, 0.25) is 0 Å². The van der Waals surface area contributed by atoms with Crippen LogP contribution < -0.4 is 5.32 Å². The highest BCUT2D eigenvalue weighted by atomic mass is 16.6. The van der Waals surface area contributed by atoms with E-state index in [4.69, 9.17) is 4.98 Å². The number of non-ortho nitro benzene ring substituents is 1. The van der Waals surface area contributed by atoms with Crippen molar-refractivity contribution in [1.29, 1.82) is 0 Å². The molecule has 190 valence electrons. The van der Waals surface area contributed by atoms with Gasteiger partial charge in [-0.05, 0) is 35.9 Å². The van der Waals surface area contributed by atoms with Crippen molar-refractivity contribution < 1.29 is 9.72 Å². The quantitative estimate of drug-likeness (QED) is 0.290. The van der Waals surface area contributed by atoms with Gasteiger partial charge in [0.05, 0.1) is 16.0 Å². The molecule has 0 radical (unpaired) electrons. The van der Waals surface area contributed by atoms with Crippen molar-refractivity contribution in [3.63, 3.8) is 0 Å². The van der Waals surface area contributed by atoms with Gasteiger partial charge in [-0.1, -0.05) is 30.3 Å². The Morgan fingerprint density at radius 3 is 2.38 bits per heavy atom. The normalized spacial score (nSPS) is 14.6. The molecule has 0 spiro atoms. The lowest BCUT2D eigenvalue weighted by Gasteiger charge is -2.34. The maximum atomic E-state index is 12.6. The van der Waals surface area contributed by atoms with Gasteiger partial charge in [-0.3, -0.25) is 19.8 Å². The predicted molar refractivity (Wildman–Crippen MR) is 144 cm³/mol. The summed E-state index contributed by atoms with van der Waals surface area (Å²) in [6.07, 6.45) is 0.856. The highest BCUT2D eigenvalue weighted by molar-refractivity contribution is 6.05. The number of amides is 1. The molecule has 1 amide bonds. The van der Waals surface area contributed by atoms with E-state index in [1.807, 2.05) is 25.2 Å². The molecule has 9 heteroatoms. The van der Waals surface area contributed by atoms with Gasteiger partial charge in [0, 0.05) is 76.1 Å². The van der Waals surface area contributed by atoms with Crippen LogP contribution in [0, 0.1) is 10.1 Å². The Bertz CT molecular complexity index is 1390. The largest absolute Gasteiger partial charge is 0.331 e. The number of nitro groups is 1. The molecule has 37 heavy (non-hydrogen) atoms. The summed E-state index contributed by atoms with van der Waals surface area (Å²) in [7, 11) is 2.03. The molecule has 4 aromatic rings. The maximum Gasteiger partial charge on any atom is 0.269 e. The number of hydrogen-bond acceptors (Lipinski definition) is 6. The Morgan fingerprint density at radius 2 is 1.68 bits per heavy atom. The van der Waals surface area contributed by atoms with Crippen molar-refractivity contribution in [3.8, 4) is 0 Å². The third-order valence-corrected chi connectivity index (χ3v) is 6.94. The van der Waals surface area contributed by atoms with Crippen LogP contribution in [0.2, 0.25) is 0 Å². The second-order valence-corrected chi connectivity index (χ2v) is 9.40. The average molecular weight is 499 g/mol. The molecule has 0 bridgehead atoms. The van der Waals surface area contributed by atoms with Crippen LogP contribution in [0.5, 0.6) is 0 Å². The first kappa shape index (κ1) is 24.6. The van der Waals surface area contributed by atoms with Gasteiger partial charge in [-0.2, -0.15) is 0 Å². The Kier molecular flexibility index (Phi) is 7.25. The SMILES string of the molecule is Cn1c(CCN2CCN(Cc3ccccc3)CC2)nc2cc(NC(=O)c3ccc([N+](=O)[O-])cc3)ccc21. The number of rotatable bonds is 8. The smallest absolute Gasteiger partial charge is 0.269 e. The van der Waals surface area contributed by atoms with E-state index in [1.165, 1.54) is 29.8 Å². The fourth-order valence-electron chi connectivity index (χ4n) is 4.76. The second-order valence-electron chi connectivity index (χ2n) is 9.40. The van der Waals surface area contributed by atoms with Crippen LogP contribution >= 0.6 is 0 Å². The monoisotopic (exact) mass is 498 g/mol. The molecular weight excluding hydrogens is 468 g/mol. The highest BCUT2D eigenvalue weighted by Crippen LogP contribution is 2.21.